The van der Waals surface area contributed by atoms with Gasteiger partial charge in [0.05, 0.1) is 0 Å². The van der Waals surface area contributed by atoms with E-state index in [9.17, 15) is 0 Å². The molecule has 0 aliphatic heterocycles. The molecule has 0 unspecified atom stereocenters. The van der Waals surface area contributed by atoms with Gasteiger partial charge in [0.1, 0.15) is 0 Å². The third kappa shape index (κ3) is 2.64. The summed E-state index contributed by atoms with van der Waals surface area (Å²) in [7, 11) is 0. The van der Waals surface area contributed by atoms with E-state index in [0.717, 1.165) is 5.57 Å². The number of hydrogen-bond donors (Lipinski definition) is 0. The summed E-state index contributed by atoms with van der Waals surface area (Å²) in [6.45, 7) is 10.7. The smallest absolute Gasteiger partial charge is 0.0160 e. The van der Waals surface area contributed by atoms with Crippen LogP contribution in [0.25, 0.3) is 5.57 Å². The summed E-state index contributed by atoms with van der Waals surface area (Å²) in [6, 6.07) is 6.58. The van der Waals surface area contributed by atoms with Crippen LogP contribution < -0.4 is 0 Å². The summed E-state index contributed by atoms with van der Waals surface area (Å²) < 4.78 is 0. The molecule has 1 aromatic rings. The van der Waals surface area contributed by atoms with E-state index < -0.39 is 0 Å². The fourth-order valence-electron chi connectivity index (χ4n) is 2.75. The van der Waals surface area contributed by atoms with Crippen LogP contribution >= 0.6 is 0 Å². The van der Waals surface area contributed by atoms with E-state index in [2.05, 4.69) is 57.7 Å². The van der Waals surface area contributed by atoms with Crippen molar-refractivity contribution in [2.45, 2.75) is 40.0 Å². The van der Waals surface area contributed by atoms with Crippen LogP contribution in [0.3, 0.4) is 0 Å². The normalized spacial score (nSPS) is 19.7. The highest BCUT2D eigenvalue weighted by molar-refractivity contribution is 5.76. The summed E-state index contributed by atoms with van der Waals surface area (Å²) in [5, 5.41) is 0. The molecule has 1 aromatic carbocycles. The Morgan fingerprint density at radius 3 is 2.56 bits per heavy atom. The molecule has 0 amide bonds. The van der Waals surface area contributed by atoms with Crippen LogP contribution in [0.15, 0.2) is 48.1 Å². The third-order valence-corrected chi connectivity index (χ3v) is 3.73. The van der Waals surface area contributed by atoms with Crippen molar-refractivity contribution in [1.29, 1.82) is 0 Å². The molecule has 0 N–H and O–H groups in total. The van der Waals surface area contributed by atoms with Gasteiger partial charge in [0.2, 0.25) is 0 Å². The fraction of sp³-hybridized carbons (Fsp3) is 0.333. The molecule has 0 saturated heterocycles. The molecule has 0 heterocycles. The van der Waals surface area contributed by atoms with Crippen molar-refractivity contribution in [1.82, 2.24) is 0 Å². The van der Waals surface area contributed by atoms with E-state index in [0.29, 0.717) is 0 Å². The van der Waals surface area contributed by atoms with Gasteiger partial charge in [0.15, 0.2) is 0 Å². The zero-order valence-corrected chi connectivity index (χ0v) is 11.7. The van der Waals surface area contributed by atoms with Crippen LogP contribution in [0.4, 0.5) is 0 Å². The molecule has 2 rings (SSSR count). The van der Waals surface area contributed by atoms with Gasteiger partial charge in [-0.1, -0.05) is 42.5 Å². The van der Waals surface area contributed by atoms with Gasteiger partial charge in [-0.25, -0.2) is 0 Å². The summed E-state index contributed by atoms with van der Waals surface area (Å²) in [6.07, 6.45) is 8.23. The van der Waals surface area contributed by atoms with Gasteiger partial charge >= 0.3 is 0 Å². The van der Waals surface area contributed by atoms with Crippen molar-refractivity contribution in [2.24, 2.45) is 0 Å². The molecule has 0 aromatic heterocycles. The quantitative estimate of drug-likeness (QED) is 0.649. The van der Waals surface area contributed by atoms with Crippen LogP contribution in [0.1, 0.15) is 42.9 Å². The number of hydrogen-bond acceptors (Lipinski definition) is 0. The molecule has 0 heteroatoms. The van der Waals surface area contributed by atoms with Gasteiger partial charge in [-0.2, -0.15) is 0 Å². The van der Waals surface area contributed by atoms with E-state index >= 15 is 0 Å². The molecule has 1 aliphatic carbocycles. The molecule has 0 atom stereocenters. The van der Waals surface area contributed by atoms with E-state index in [1.165, 1.54) is 47.1 Å². The Morgan fingerprint density at radius 1 is 1.17 bits per heavy atom. The van der Waals surface area contributed by atoms with E-state index in [-0.39, 0.29) is 0 Å². The largest absolute Gasteiger partial charge is 0.0911 e. The zero-order chi connectivity index (χ0) is 13.1. The summed E-state index contributed by atoms with van der Waals surface area (Å²) in [5.41, 5.74) is 8.02. The molecule has 1 aliphatic rings. The van der Waals surface area contributed by atoms with Crippen molar-refractivity contribution in [3.05, 3.63) is 64.8 Å². The predicted molar refractivity (Wildman–Crippen MR) is 80.6 cm³/mol. The molecule has 94 valence electrons. The molecule has 1 fully saturated rings. The molecule has 18 heavy (non-hydrogen) atoms. The van der Waals surface area contributed by atoms with Gasteiger partial charge in [0.25, 0.3) is 0 Å². The first-order chi connectivity index (χ1) is 8.61. The molecule has 0 radical (unpaired) electrons. The van der Waals surface area contributed by atoms with E-state index in [4.69, 9.17) is 0 Å². The lowest BCUT2D eigenvalue weighted by atomic mass is 9.97. The lowest BCUT2D eigenvalue weighted by Gasteiger charge is -2.08. The van der Waals surface area contributed by atoms with Gasteiger partial charge in [-0.15, -0.1) is 0 Å². The van der Waals surface area contributed by atoms with E-state index in [1.807, 2.05) is 0 Å². The third-order valence-electron chi connectivity index (χ3n) is 3.73. The highest BCUT2D eigenvalue weighted by Gasteiger charge is 2.13. The van der Waals surface area contributed by atoms with Crippen LogP contribution in [-0.4, -0.2) is 0 Å². The molecular formula is C18H22. The number of rotatable bonds is 2. The van der Waals surface area contributed by atoms with Crippen molar-refractivity contribution < 1.29 is 0 Å². The van der Waals surface area contributed by atoms with Crippen LogP contribution in [0.2, 0.25) is 0 Å². The summed E-state index contributed by atoms with van der Waals surface area (Å²) >= 11 is 0. The van der Waals surface area contributed by atoms with Crippen LogP contribution in [-0.2, 0) is 0 Å². The Bertz CT molecular complexity index is 527. The van der Waals surface area contributed by atoms with Crippen LogP contribution in [0, 0.1) is 13.8 Å². The van der Waals surface area contributed by atoms with Crippen molar-refractivity contribution in [2.75, 3.05) is 0 Å². The molecule has 0 spiro atoms. The minimum atomic E-state index is 1.14. The number of benzene rings is 1. The highest BCUT2D eigenvalue weighted by Crippen LogP contribution is 2.32. The average Bonchev–Trinajstić information content (AvgIpc) is 2.76. The second-order valence-corrected chi connectivity index (χ2v) is 5.18. The van der Waals surface area contributed by atoms with Gasteiger partial charge < -0.3 is 0 Å². The Hall–Kier alpha value is -1.56. The highest BCUT2D eigenvalue weighted by atomic mass is 14.2. The monoisotopic (exact) mass is 238 g/mol. The van der Waals surface area contributed by atoms with Crippen molar-refractivity contribution in [3.8, 4) is 0 Å². The standard InChI is InChI=1S/C18H22/c1-5-16-7-6-8-17(16)12-15(4)18-10-9-13(2)11-14(18)3/h5,9-12H,4,6-8H2,1-3H3/b16-5-,17-12-. The predicted octanol–water partition coefficient (Wildman–Crippen LogP) is 5.37. The average molecular weight is 238 g/mol. The number of aryl methyl sites for hydroxylation is 2. The Labute approximate surface area is 111 Å². The Morgan fingerprint density at radius 2 is 1.89 bits per heavy atom. The minimum absolute atomic E-state index is 1.14. The second-order valence-electron chi connectivity index (χ2n) is 5.18. The molecular weight excluding hydrogens is 216 g/mol. The maximum Gasteiger partial charge on any atom is -0.0160 e. The maximum atomic E-state index is 4.24. The molecule has 1 saturated carbocycles. The summed E-state index contributed by atoms with van der Waals surface area (Å²) in [4.78, 5) is 0. The lowest BCUT2D eigenvalue weighted by molar-refractivity contribution is 0.932. The number of allylic oxidation sites excluding steroid dienone is 5. The van der Waals surface area contributed by atoms with Gasteiger partial charge in [0, 0.05) is 0 Å². The second kappa shape index (κ2) is 5.39. The Balaban J connectivity index is 2.30. The van der Waals surface area contributed by atoms with Gasteiger partial charge in [-0.05, 0) is 67.9 Å². The van der Waals surface area contributed by atoms with Gasteiger partial charge in [-0.3, -0.25) is 0 Å². The topological polar surface area (TPSA) is 0 Å². The Kier molecular flexibility index (Phi) is 3.86. The fourth-order valence-corrected chi connectivity index (χ4v) is 2.75. The molecule has 0 nitrogen and oxygen atoms in total. The molecule has 0 bridgehead atoms. The SMILES string of the molecule is C=C(/C=C1/CCC/C1=C/C)c1ccc(C)cc1C. The van der Waals surface area contributed by atoms with Crippen LogP contribution in [0.5, 0.6) is 0 Å². The van der Waals surface area contributed by atoms with E-state index in [1.54, 1.807) is 0 Å². The first-order valence-corrected chi connectivity index (χ1v) is 6.74. The first kappa shape index (κ1) is 12.9. The lowest BCUT2D eigenvalue weighted by Crippen LogP contribution is -1.88. The maximum absolute atomic E-state index is 4.24. The first-order valence-electron chi connectivity index (χ1n) is 6.74. The van der Waals surface area contributed by atoms with Crippen molar-refractivity contribution in [3.63, 3.8) is 0 Å². The minimum Gasteiger partial charge on any atom is -0.0911 e. The summed E-state index contributed by atoms with van der Waals surface area (Å²) in [5.74, 6) is 0. The van der Waals surface area contributed by atoms with Crippen molar-refractivity contribution >= 4 is 5.57 Å². The zero-order valence-electron chi connectivity index (χ0n) is 11.7.